The van der Waals surface area contributed by atoms with E-state index in [-0.39, 0.29) is 23.8 Å². The molecule has 0 aliphatic heterocycles. The molecule has 1 aromatic rings. The summed E-state index contributed by atoms with van der Waals surface area (Å²) in [6.45, 7) is 6.26. The third-order valence-corrected chi connectivity index (χ3v) is 2.55. The fourth-order valence-corrected chi connectivity index (χ4v) is 1.78. The molecule has 0 unspecified atom stereocenters. The Morgan fingerprint density at radius 1 is 1.35 bits per heavy atom. The Morgan fingerprint density at radius 2 is 1.88 bits per heavy atom. The van der Waals surface area contributed by atoms with E-state index in [1.165, 1.54) is 12.1 Å². The first-order chi connectivity index (χ1) is 7.80. The van der Waals surface area contributed by atoms with Crippen LogP contribution in [0, 0.1) is 11.2 Å². The van der Waals surface area contributed by atoms with E-state index in [2.05, 4.69) is 26.1 Å². The maximum absolute atomic E-state index is 12.9. The normalized spacial score (nSPS) is 13.4. The average molecular weight is 238 g/mol. The zero-order valence-corrected chi connectivity index (χ0v) is 10.5. The van der Waals surface area contributed by atoms with Crippen molar-refractivity contribution >= 4 is 5.91 Å². The predicted octanol–water partition coefficient (Wildman–Crippen LogP) is 1.99. The van der Waals surface area contributed by atoms with Gasteiger partial charge in [-0.15, -0.1) is 0 Å². The minimum atomic E-state index is -0.402. The lowest BCUT2D eigenvalue weighted by Crippen LogP contribution is -2.37. The van der Waals surface area contributed by atoms with Crippen molar-refractivity contribution in [2.24, 2.45) is 11.1 Å². The van der Waals surface area contributed by atoms with Gasteiger partial charge in [0.05, 0.1) is 6.54 Å². The molecule has 4 heteroatoms. The summed E-state index contributed by atoms with van der Waals surface area (Å²) in [7, 11) is 0. The van der Waals surface area contributed by atoms with E-state index in [0.717, 1.165) is 5.56 Å². The molecule has 0 aromatic heterocycles. The van der Waals surface area contributed by atoms with Gasteiger partial charge in [-0.05, 0) is 23.1 Å². The predicted molar refractivity (Wildman–Crippen MR) is 65.8 cm³/mol. The quantitative estimate of drug-likeness (QED) is 0.842. The van der Waals surface area contributed by atoms with Crippen LogP contribution in [0.25, 0.3) is 0 Å². The Labute approximate surface area is 101 Å². The van der Waals surface area contributed by atoms with Crippen LogP contribution >= 0.6 is 0 Å². The molecule has 0 aliphatic rings. The molecule has 0 fully saturated rings. The largest absolute Gasteiger partial charge is 0.369 e. The van der Waals surface area contributed by atoms with Gasteiger partial charge in [-0.3, -0.25) is 4.79 Å². The summed E-state index contributed by atoms with van der Waals surface area (Å²) in [6.07, 6.45) is 0. The number of rotatable bonds is 4. The van der Waals surface area contributed by atoms with E-state index in [9.17, 15) is 9.18 Å². The fraction of sp³-hybridized carbons (Fsp3) is 0.462. The molecule has 1 aromatic carbocycles. The van der Waals surface area contributed by atoms with E-state index in [1.54, 1.807) is 12.1 Å². The number of hydrogen-bond acceptors (Lipinski definition) is 2. The van der Waals surface area contributed by atoms with E-state index in [0.29, 0.717) is 0 Å². The van der Waals surface area contributed by atoms with Crippen molar-refractivity contribution in [3.63, 3.8) is 0 Å². The van der Waals surface area contributed by atoms with Crippen molar-refractivity contribution < 1.29 is 9.18 Å². The summed E-state index contributed by atoms with van der Waals surface area (Å²) in [5, 5.41) is 3.10. The third-order valence-electron chi connectivity index (χ3n) is 2.55. The Morgan fingerprint density at radius 3 is 2.29 bits per heavy atom. The van der Waals surface area contributed by atoms with Crippen molar-refractivity contribution in [1.82, 2.24) is 5.32 Å². The van der Waals surface area contributed by atoms with E-state index >= 15 is 0 Å². The summed E-state index contributed by atoms with van der Waals surface area (Å²) in [5.41, 5.74) is 5.98. The minimum absolute atomic E-state index is 0.0457. The lowest BCUT2D eigenvalue weighted by Gasteiger charge is -2.31. The van der Waals surface area contributed by atoms with Gasteiger partial charge in [0.1, 0.15) is 5.82 Å². The van der Waals surface area contributed by atoms with Crippen molar-refractivity contribution in [3.8, 4) is 0 Å². The standard InChI is InChI=1S/C13H19FN2O/c1-13(2,3)12(16-8-11(15)17)9-4-6-10(14)7-5-9/h4-7,12,16H,8H2,1-3H3,(H2,15,17)/t12-/m1/s1. The number of benzene rings is 1. The average Bonchev–Trinajstić information content (AvgIpc) is 2.18. The molecular weight excluding hydrogens is 219 g/mol. The van der Waals surface area contributed by atoms with Gasteiger partial charge in [0.2, 0.25) is 5.91 Å². The molecule has 0 spiro atoms. The number of halogens is 1. The molecule has 0 saturated heterocycles. The highest BCUT2D eigenvalue weighted by atomic mass is 19.1. The topological polar surface area (TPSA) is 55.1 Å². The van der Waals surface area contributed by atoms with Crippen LogP contribution in [0.5, 0.6) is 0 Å². The number of primary amides is 1. The van der Waals surface area contributed by atoms with Crippen LogP contribution in [-0.4, -0.2) is 12.5 Å². The van der Waals surface area contributed by atoms with Gasteiger partial charge in [0, 0.05) is 6.04 Å². The molecule has 0 radical (unpaired) electrons. The highest BCUT2D eigenvalue weighted by molar-refractivity contribution is 5.75. The van der Waals surface area contributed by atoms with Gasteiger partial charge in [0.25, 0.3) is 0 Å². The molecule has 0 aliphatic carbocycles. The number of nitrogens with two attached hydrogens (primary N) is 1. The van der Waals surface area contributed by atoms with Crippen molar-refractivity contribution in [2.45, 2.75) is 26.8 Å². The molecular formula is C13H19FN2O. The zero-order valence-electron chi connectivity index (χ0n) is 10.5. The Balaban J connectivity index is 2.90. The Hall–Kier alpha value is -1.42. The second kappa shape index (κ2) is 5.27. The smallest absolute Gasteiger partial charge is 0.231 e. The van der Waals surface area contributed by atoms with Crippen LogP contribution in [-0.2, 0) is 4.79 Å². The molecule has 17 heavy (non-hydrogen) atoms. The molecule has 1 rings (SSSR count). The third kappa shape index (κ3) is 4.15. The maximum atomic E-state index is 12.9. The van der Waals surface area contributed by atoms with E-state index < -0.39 is 5.91 Å². The molecule has 3 nitrogen and oxygen atoms in total. The number of carbonyl (C=O) groups excluding carboxylic acids is 1. The second-order valence-electron chi connectivity index (χ2n) is 5.20. The molecule has 0 bridgehead atoms. The highest BCUT2D eigenvalue weighted by Crippen LogP contribution is 2.32. The zero-order chi connectivity index (χ0) is 13.1. The number of carbonyl (C=O) groups is 1. The molecule has 0 saturated carbocycles. The molecule has 0 heterocycles. The van der Waals surface area contributed by atoms with Crippen molar-refractivity contribution in [3.05, 3.63) is 35.6 Å². The Bertz CT molecular complexity index is 381. The van der Waals surface area contributed by atoms with Gasteiger partial charge in [-0.25, -0.2) is 4.39 Å². The van der Waals surface area contributed by atoms with Crippen LogP contribution in [0.3, 0.4) is 0 Å². The first kappa shape index (κ1) is 13.6. The second-order valence-corrected chi connectivity index (χ2v) is 5.20. The van der Waals surface area contributed by atoms with Crippen LogP contribution in [0.1, 0.15) is 32.4 Å². The van der Waals surface area contributed by atoms with Crippen molar-refractivity contribution in [2.75, 3.05) is 6.54 Å². The summed E-state index contributed by atoms with van der Waals surface area (Å²) >= 11 is 0. The van der Waals surface area contributed by atoms with Gasteiger partial charge in [-0.1, -0.05) is 32.9 Å². The van der Waals surface area contributed by atoms with Crippen LogP contribution in [0.2, 0.25) is 0 Å². The molecule has 1 amide bonds. The maximum Gasteiger partial charge on any atom is 0.231 e. The van der Waals surface area contributed by atoms with Gasteiger partial charge in [0.15, 0.2) is 0 Å². The number of hydrogen-bond donors (Lipinski definition) is 2. The van der Waals surface area contributed by atoms with Crippen LogP contribution < -0.4 is 11.1 Å². The van der Waals surface area contributed by atoms with Gasteiger partial charge in [-0.2, -0.15) is 0 Å². The van der Waals surface area contributed by atoms with Gasteiger partial charge < -0.3 is 11.1 Å². The van der Waals surface area contributed by atoms with Gasteiger partial charge >= 0.3 is 0 Å². The summed E-state index contributed by atoms with van der Waals surface area (Å²) in [4.78, 5) is 10.8. The summed E-state index contributed by atoms with van der Waals surface area (Å²) < 4.78 is 12.9. The lowest BCUT2D eigenvalue weighted by atomic mass is 9.82. The molecule has 3 N–H and O–H groups in total. The van der Waals surface area contributed by atoms with Crippen LogP contribution in [0.4, 0.5) is 4.39 Å². The Kier molecular flexibility index (Phi) is 4.23. The monoisotopic (exact) mass is 238 g/mol. The van der Waals surface area contributed by atoms with E-state index in [1.807, 2.05) is 0 Å². The van der Waals surface area contributed by atoms with E-state index in [4.69, 9.17) is 5.73 Å². The highest BCUT2D eigenvalue weighted by Gasteiger charge is 2.26. The number of amides is 1. The first-order valence-corrected chi connectivity index (χ1v) is 5.58. The van der Waals surface area contributed by atoms with Crippen LogP contribution in [0.15, 0.2) is 24.3 Å². The fourth-order valence-electron chi connectivity index (χ4n) is 1.78. The first-order valence-electron chi connectivity index (χ1n) is 5.58. The molecule has 94 valence electrons. The summed E-state index contributed by atoms with van der Waals surface area (Å²) in [6, 6.07) is 6.23. The molecule has 1 atom stereocenters. The number of nitrogens with one attached hydrogen (secondary N) is 1. The SMILES string of the molecule is CC(C)(C)[C@H](NCC(N)=O)c1ccc(F)cc1. The lowest BCUT2D eigenvalue weighted by molar-refractivity contribution is -0.117. The van der Waals surface area contributed by atoms with Crippen molar-refractivity contribution in [1.29, 1.82) is 0 Å². The summed E-state index contributed by atoms with van der Waals surface area (Å²) in [5.74, 6) is -0.669. The minimum Gasteiger partial charge on any atom is -0.369 e.